The number of hydrogen-bond donors (Lipinski definition) is 2. The molecular formula is C20H20F3N3O6. The Morgan fingerprint density at radius 2 is 1.78 bits per heavy atom. The summed E-state index contributed by atoms with van der Waals surface area (Å²) in [6, 6.07) is 5.05. The minimum Gasteiger partial charge on any atom is -0.486 e. The van der Waals surface area contributed by atoms with E-state index in [1.54, 1.807) is 12.1 Å². The van der Waals surface area contributed by atoms with Crippen molar-refractivity contribution in [1.29, 1.82) is 0 Å². The molecule has 0 saturated carbocycles. The van der Waals surface area contributed by atoms with Crippen LogP contribution in [0.2, 0.25) is 0 Å². The van der Waals surface area contributed by atoms with Crippen LogP contribution in [0, 0.1) is 13.8 Å². The number of imide groups is 1. The number of nitrogens with one attached hydrogen (secondary N) is 2. The topological polar surface area (TPSA) is 108 Å². The fourth-order valence-corrected chi connectivity index (χ4v) is 3.09. The van der Waals surface area contributed by atoms with Crippen molar-refractivity contribution in [2.45, 2.75) is 26.6 Å². The van der Waals surface area contributed by atoms with Crippen LogP contribution in [0.1, 0.15) is 21.7 Å². The Morgan fingerprint density at radius 1 is 1.09 bits per heavy atom. The van der Waals surface area contributed by atoms with Crippen LogP contribution in [0.5, 0.6) is 11.5 Å². The molecular weight excluding hydrogens is 435 g/mol. The monoisotopic (exact) mass is 455 g/mol. The second kappa shape index (κ2) is 9.20. The summed E-state index contributed by atoms with van der Waals surface area (Å²) in [5.74, 6) is -0.927. The van der Waals surface area contributed by atoms with Gasteiger partial charge in [0.05, 0.1) is 5.56 Å². The number of carbonyl (C=O) groups is 3. The first-order chi connectivity index (χ1) is 15.0. The molecule has 12 heteroatoms. The summed E-state index contributed by atoms with van der Waals surface area (Å²) in [5.41, 5.74) is 0.519. The predicted octanol–water partition coefficient (Wildman–Crippen LogP) is 2.94. The second-order valence-electron chi connectivity index (χ2n) is 6.92. The minimum atomic E-state index is -4.46. The molecule has 2 heterocycles. The average molecular weight is 455 g/mol. The Morgan fingerprint density at radius 3 is 2.47 bits per heavy atom. The van der Waals surface area contributed by atoms with Crippen molar-refractivity contribution < 1.29 is 41.8 Å². The largest absolute Gasteiger partial charge is 0.486 e. The molecule has 0 radical (unpaired) electrons. The van der Waals surface area contributed by atoms with Crippen molar-refractivity contribution in [2.75, 3.05) is 25.1 Å². The van der Waals surface area contributed by atoms with E-state index in [9.17, 15) is 27.6 Å². The van der Waals surface area contributed by atoms with Gasteiger partial charge in [-0.15, -0.1) is 0 Å². The number of aromatic nitrogens is 1. The van der Waals surface area contributed by atoms with E-state index in [4.69, 9.17) is 14.2 Å². The van der Waals surface area contributed by atoms with Crippen LogP contribution in [-0.4, -0.2) is 48.5 Å². The Hall–Kier alpha value is -3.70. The van der Waals surface area contributed by atoms with Gasteiger partial charge in [-0.25, -0.2) is 9.59 Å². The van der Waals surface area contributed by atoms with Gasteiger partial charge in [-0.3, -0.25) is 10.1 Å². The highest BCUT2D eigenvalue weighted by Gasteiger charge is 2.30. The molecule has 0 fully saturated rings. The highest BCUT2D eigenvalue weighted by Crippen LogP contribution is 2.32. The fraction of sp³-hybridized carbons (Fsp3) is 0.350. The van der Waals surface area contributed by atoms with Crippen LogP contribution < -0.4 is 20.1 Å². The number of rotatable bonds is 5. The van der Waals surface area contributed by atoms with Crippen molar-refractivity contribution >= 4 is 23.6 Å². The number of nitrogens with zero attached hydrogens (tertiary/aromatic N) is 1. The highest BCUT2D eigenvalue weighted by molar-refractivity contribution is 6.02. The van der Waals surface area contributed by atoms with Crippen molar-refractivity contribution in [1.82, 2.24) is 9.88 Å². The van der Waals surface area contributed by atoms with Crippen LogP contribution in [0.3, 0.4) is 0 Å². The van der Waals surface area contributed by atoms with E-state index in [1.165, 1.54) is 26.0 Å². The first kappa shape index (κ1) is 23.0. The summed E-state index contributed by atoms with van der Waals surface area (Å²) >= 11 is 0. The number of anilines is 1. The number of hydrogen-bond acceptors (Lipinski definition) is 6. The number of aryl methyl sites for hydroxylation is 1. The van der Waals surface area contributed by atoms with Gasteiger partial charge >= 0.3 is 18.2 Å². The van der Waals surface area contributed by atoms with Crippen LogP contribution in [0.4, 0.5) is 23.7 Å². The number of amides is 3. The summed E-state index contributed by atoms with van der Waals surface area (Å²) in [5, 5.41) is 4.41. The van der Waals surface area contributed by atoms with Gasteiger partial charge in [0, 0.05) is 23.1 Å². The van der Waals surface area contributed by atoms with E-state index in [0.29, 0.717) is 30.4 Å². The number of esters is 1. The summed E-state index contributed by atoms with van der Waals surface area (Å²) in [4.78, 5) is 36.1. The molecule has 0 spiro atoms. The highest BCUT2D eigenvalue weighted by atomic mass is 19.4. The lowest BCUT2D eigenvalue weighted by Gasteiger charge is -2.19. The molecule has 0 aliphatic carbocycles. The normalized spacial score (nSPS) is 12.8. The summed E-state index contributed by atoms with van der Waals surface area (Å²) in [7, 11) is 0. The van der Waals surface area contributed by atoms with E-state index in [-0.39, 0.29) is 17.0 Å². The molecule has 1 aromatic heterocycles. The molecule has 3 rings (SSSR count). The number of alkyl halides is 3. The zero-order chi connectivity index (χ0) is 23.5. The van der Waals surface area contributed by atoms with Gasteiger partial charge in [0.25, 0.3) is 5.91 Å². The first-order valence-corrected chi connectivity index (χ1v) is 9.44. The van der Waals surface area contributed by atoms with Crippen LogP contribution in [0.25, 0.3) is 0 Å². The molecule has 3 amide bonds. The molecule has 0 bridgehead atoms. The minimum absolute atomic E-state index is 0.0570. The number of halogens is 3. The van der Waals surface area contributed by atoms with Crippen molar-refractivity contribution in [3.8, 4) is 11.5 Å². The molecule has 0 atom stereocenters. The van der Waals surface area contributed by atoms with E-state index >= 15 is 0 Å². The second-order valence-corrected chi connectivity index (χ2v) is 6.92. The number of urea groups is 1. The van der Waals surface area contributed by atoms with Crippen molar-refractivity contribution in [3.63, 3.8) is 0 Å². The van der Waals surface area contributed by atoms with E-state index in [1.807, 2.05) is 5.32 Å². The molecule has 1 aliphatic heterocycles. The first-order valence-electron chi connectivity index (χ1n) is 9.44. The van der Waals surface area contributed by atoms with Crippen LogP contribution in [-0.2, 0) is 16.1 Å². The van der Waals surface area contributed by atoms with Gasteiger partial charge in [0.2, 0.25) is 0 Å². The lowest BCUT2D eigenvalue weighted by atomic mass is 10.2. The molecule has 2 N–H and O–H groups in total. The quantitative estimate of drug-likeness (QED) is 0.672. The molecule has 2 aromatic rings. The number of carbonyl (C=O) groups excluding carboxylic acids is 3. The molecule has 32 heavy (non-hydrogen) atoms. The number of benzene rings is 1. The maximum atomic E-state index is 12.7. The fourth-order valence-electron chi connectivity index (χ4n) is 3.09. The average Bonchev–Trinajstić information content (AvgIpc) is 2.99. The molecule has 172 valence electrons. The number of ether oxygens (including phenoxy) is 3. The predicted molar refractivity (Wildman–Crippen MR) is 105 cm³/mol. The SMILES string of the molecule is Cc1cc(C(=O)OCC(=O)NC(=O)Nc2ccc3c(c2)OCCO3)c(C)n1CC(F)(F)F. The molecule has 1 aliphatic rings. The molecule has 0 unspecified atom stereocenters. The van der Waals surface area contributed by atoms with Gasteiger partial charge in [0.1, 0.15) is 19.8 Å². The molecule has 1 aromatic carbocycles. The maximum Gasteiger partial charge on any atom is 0.406 e. The number of fused-ring (bicyclic) bond motifs is 1. The third kappa shape index (κ3) is 5.71. The Labute approximate surface area is 180 Å². The van der Waals surface area contributed by atoms with Gasteiger partial charge in [-0.05, 0) is 32.0 Å². The Balaban J connectivity index is 1.52. The Kier molecular flexibility index (Phi) is 6.61. The van der Waals surface area contributed by atoms with E-state index in [0.717, 1.165) is 4.57 Å². The summed E-state index contributed by atoms with van der Waals surface area (Å²) in [6.45, 7) is 1.50. The lowest BCUT2D eigenvalue weighted by molar-refractivity contribution is -0.141. The molecule has 9 nitrogen and oxygen atoms in total. The van der Waals surface area contributed by atoms with Crippen molar-refractivity contribution in [2.24, 2.45) is 0 Å². The Bertz CT molecular complexity index is 1050. The third-order valence-electron chi connectivity index (χ3n) is 4.52. The van der Waals surface area contributed by atoms with Gasteiger partial charge in [-0.1, -0.05) is 0 Å². The van der Waals surface area contributed by atoms with E-state index in [2.05, 4.69) is 5.32 Å². The van der Waals surface area contributed by atoms with Crippen LogP contribution in [0.15, 0.2) is 24.3 Å². The van der Waals surface area contributed by atoms with Gasteiger partial charge < -0.3 is 24.1 Å². The standard InChI is InChI=1S/C20H20F3N3O6/c1-11-7-14(12(2)26(11)10-20(21,22)23)18(28)32-9-17(27)25-19(29)24-13-3-4-15-16(8-13)31-6-5-30-15/h3-4,7-8H,5-6,9-10H2,1-2H3,(H2,24,25,27,29). The van der Waals surface area contributed by atoms with Crippen molar-refractivity contribution in [3.05, 3.63) is 41.2 Å². The summed E-state index contributed by atoms with van der Waals surface area (Å²) < 4.78 is 54.6. The third-order valence-corrected chi connectivity index (χ3v) is 4.52. The van der Waals surface area contributed by atoms with Gasteiger partial charge in [0.15, 0.2) is 18.1 Å². The van der Waals surface area contributed by atoms with E-state index < -0.39 is 37.2 Å². The van der Waals surface area contributed by atoms with Gasteiger partial charge in [-0.2, -0.15) is 13.2 Å². The van der Waals surface area contributed by atoms with Crippen LogP contribution >= 0.6 is 0 Å². The zero-order valence-electron chi connectivity index (χ0n) is 17.2. The summed E-state index contributed by atoms with van der Waals surface area (Å²) in [6.07, 6.45) is -4.46. The smallest absolute Gasteiger partial charge is 0.406 e. The lowest BCUT2D eigenvalue weighted by Crippen LogP contribution is -2.37. The maximum absolute atomic E-state index is 12.7. The zero-order valence-corrected chi connectivity index (χ0v) is 17.2. The molecule has 0 saturated heterocycles.